The van der Waals surface area contributed by atoms with Gasteiger partial charge in [-0.05, 0) is 39.8 Å². The van der Waals surface area contributed by atoms with Crippen molar-refractivity contribution >= 4 is 5.91 Å². The second kappa shape index (κ2) is 6.18. The SMILES string of the molecule is CC(C)(O)CNC(=O)COC1CCNCC1. The van der Waals surface area contributed by atoms with Crippen molar-refractivity contribution in [1.82, 2.24) is 10.6 Å². The van der Waals surface area contributed by atoms with E-state index in [0.717, 1.165) is 25.9 Å². The van der Waals surface area contributed by atoms with Crippen molar-refractivity contribution in [3.8, 4) is 0 Å². The zero-order valence-corrected chi connectivity index (χ0v) is 10.1. The van der Waals surface area contributed by atoms with Crippen LogP contribution in [0, 0.1) is 0 Å². The molecule has 0 aromatic carbocycles. The Labute approximate surface area is 96.6 Å². The van der Waals surface area contributed by atoms with Crippen molar-refractivity contribution in [3.05, 3.63) is 0 Å². The molecular weight excluding hydrogens is 208 g/mol. The summed E-state index contributed by atoms with van der Waals surface area (Å²) in [7, 11) is 0. The molecule has 0 radical (unpaired) electrons. The highest BCUT2D eigenvalue weighted by Crippen LogP contribution is 2.06. The van der Waals surface area contributed by atoms with Crippen LogP contribution in [0.2, 0.25) is 0 Å². The molecule has 0 aromatic heterocycles. The van der Waals surface area contributed by atoms with Crippen LogP contribution in [0.1, 0.15) is 26.7 Å². The number of aliphatic hydroxyl groups is 1. The number of piperidine rings is 1. The lowest BCUT2D eigenvalue weighted by atomic mass is 10.1. The first-order valence-corrected chi connectivity index (χ1v) is 5.79. The van der Waals surface area contributed by atoms with Gasteiger partial charge in [0.1, 0.15) is 6.61 Å². The Kier molecular flexibility index (Phi) is 5.18. The van der Waals surface area contributed by atoms with Gasteiger partial charge in [-0.1, -0.05) is 0 Å². The fraction of sp³-hybridized carbons (Fsp3) is 0.909. The Morgan fingerprint density at radius 3 is 2.69 bits per heavy atom. The third-order valence-corrected chi connectivity index (χ3v) is 2.45. The van der Waals surface area contributed by atoms with Crippen molar-refractivity contribution in [2.75, 3.05) is 26.2 Å². The Morgan fingerprint density at radius 2 is 2.12 bits per heavy atom. The molecule has 1 aliphatic heterocycles. The normalized spacial score (nSPS) is 18.4. The summed E-state index contributed by atoms with van der Waals surface area (Å²) >= 11 is 0. The predicted molar refractivity (Wildman–Crippen MR) is 61.2 cm³/mol. The van der Waals surface area contributed by atoms with Crippen LogP contribution in [0.4, 0.5) is 0 Å². The first-order chi connectivity index (χ1) is 7.47. The van der Waals surface area contributed by atoms with Crippen LogP contribution in [0.15, 0.2) is 0 Å². The average Bonchev–Trinajstić information content (AvgIpc) is 2.24. The van der Waals surface area contributed by atoms with Gasteiger partial charge in [-0.3, -0.25) is 4.79 Å². The first kappa shape index (κ1) is 13.4. The Balaban J connectivity index is 2.09. The minimum Gasteiger partial charge on any atom is -0.389 e. The molecule has 0 bridgehead atoms. The predicted octanol–water partition coefficient (Wildman–Crippen LogP) is -0.358. The van der Waals surface area contributed by atoms with E-state index in [0.29, 0.717) is 0 Å². The Morgan fingerprint density at radius 1 is 1.50 bits per heavy atom. The molecule has 5 nitrogen and oxygen atoms in total. The van der Waals surface area contributed by atoms with E-state index in [4.69, 9.17) is 4.74 Å². The zero-order chi connectivity index (χ0) is 12.0. The molecule has 0 aliphatic carbocycles. The van der Waals surface area contributed by atoms with E-state index >= 15 is 0 Å². The number of hydrogen-bond donors (Lipinski definition) is 3. The molecule has 0 saturated carbocycles. The number of hydrogen-bond acceptors (Lipinski definition) is 4. The number of ether oxygens (including phenoxy) is 1. The van der Waals surface area contributed by atoms with Gasteiger partial charge in [0, 0.05) is 6.54 Å². The van der Waals surface area contributed by atoms with E-state index in [1.807, 2.05) is 0 Å². The molecule has 1 heterocycles. The highest BCUT2D eigenvalue weighted by atomic mass is 16.5. The molecule has 16 heavy (non-hydrogen) atoms. The fourth-order valence-electron chi connectivity index (χ4n) is 1.52. The maximum Gasteiger partial charge on any atom is 0.246 e. The summed E-state index contributed by atoms with van der Waals surface area (Å²) in [5.74, 6) is -0.166. The van der Waals surface area contributed by atoms with Crippen LogP contribution in [-0.2, 0) is 9.53 Å². The van der Waals surface area contributed by atoms with Crippen LogP contribution < -0.4 is 10.6 Å². The number of carbonyl (C=O) groups excluding carboxylic acids is 1. The third kappa shape index (κ3) is 6.05. The third-order valence-electron chi connectivity index (χ3n) is 2.45. The molecule has 0 atom stereocenters. The maximum atomic E-state index is 11.4. The lowest BCUT2D eigenvalue weighted by molar-refractivity contribution is -0.129. The van der Waals surface area contributed by atoms with Crippen molar-refractivity contribution in [2.45, 2.75) is 38.4 Å². The van der Waals surface area contributed by atoms with Gasteiger partial charge in [0.25, 0.3) is 0 Å². The summed E-state index contributed by atoms with van der Waals surface area (Å²) in [5, 5.41) is 15.3. The highest BCUT2D eigenvalue weighted by molar-refractivity contribution is 5.77. The molecule has 94 valence electrons. The number of carbonyl (C=O) groups is 1. The van der Waals surface area contributed by atoms with E-state index in [2.05, 4.69) is 10.6 Å². The van der Waals surface area contributed by atoms with Crippen LogP contribution in [0.3, 0.4) is 0 Å². The number of nitrogens with one attached hydrogen (secondary N) is 2. The lowest BCUT2D eigenvalue weighted by Crippen LogP contribution is -2.41. The van der Waals surface area contributed by atoms with Crippen molar-refractivity contribution < 1.29 is 14.6 Å². The largest absolute Gasteiger partial charge is 0.389 e. The second-order valence-corrected chi connectivity index (χ2v) is 4.85. The molecule has 1 aliphatic rings. The maximum absolute atomic E-state index is 11.4. The molecule has 1 rings (SSSR count). The fourth-order valence-corrected chi connectivity index (χ4v) is 1.52. The van der Waals surface area contributed by atoms with Crippen LogP contribution in [0.5, 0.6) is 0 Å². The summed E-state index contributed by atoms with van der Waals surface area (Å²) in [5.41, 5.74) is -0.871. The number of amides is 1. The summed E-state index contributed by atoms with van der Waals surface area (Å²) in [6, 6.07) is 0. The molecular formula is C11H22N2O3. The molecule has 3 N–H and O–H groups in total. The molecule has 5 heteroatoms. The number of rotatable bonds is 5. The van der Waals surface area contributed by atoms with E-state index in [1.165, 1.54) is 0 Å². The van der Waals surface area contributed by atoms with Crippen molar-refractivity contribution in [3.63, 3.8) is 0 Å². The Hall–Kier alpha value is -0.650. The minimum atomic E-state index is -0.871. The van der Waals surface area contributed by atoms with E-state index < -0.39 is 5.60 Å². The highest BCUT2D eigenvalue weighted by Gasteiger charge is 2.16. The molecule has 1 fully saturated rings. The Bertz CT molecular complexity index is 220. The topological polar surface area (TPSA) is 70.6 Å². The molecule has 0 spiro atoms. The average molecular weight is 230 g/mol. The quantitative estimate of drug-likeness (QED) is 0.603. The van der Waals surface area contributed by atoms with Crippen LogP contribution in [0.25, 0.3) is 0 Å². The summed E-state index contributed by atoms with van der Waals surface area (Å²) in [6.45, 7) is 5.55. The van der Waals surface area contributed by atoms with Gasteiger partial charge in [-0.15, -0.1) is 0 Å². The zero-order valence-electron chi connectivity index (χ0n) is 10.1. The summed E-state index contributed by atoms with van der Waals surface area (Å²) < 4.78 is 5.48. The smallest absolute Gasteiger partial charge is 0.246 e. The first-order valence-electron chi connectivity index (χ1n) is 5.79. The van der Waals surface area contributed by atoms with Crippen LogP contribution >= 0.6 is 0 Å². The molecule has 0 aromatic rings. The monoisotopic (exact) mass is 230 g/mol. The summed E-state index contributed by atoms with van der Waals surface area (Å²) in [4.78, 5) is 11.4. The second-order valence-electron chi connectivity index (χ2n) is 4.85. The van der Waals surface area contributed by atoms with Gasteiger partial charge < -0.3 is 20.5 Å². The van der Waals surface area contributed by atoms with Gasteiger partial charge in [-0.25, -0.2) is 0 Å². The van der Waals surface area contributed by atoms with E-state index in [-0.39, 0.29) is 25.2 Å². The van der Waals surface area contributed by atoms with Crippen molar-refractivity contribution in [1.29, 1.82) is 0 Å². The summed E-state index contributed by atoms with van der Waals surface area (Å²) in [6.07, 6.45) is 2.10. The van der Waals surface area contributed by atoms with E-state index in [1.54, 1.807) is 13.8 Å². The lowest BCUT2D eigenvalue weighted by Gasteiger charge is -2.23. The van der Waals surface area contributed by atoms with Crippen molar-refractivity contribution in [2.24, 2.45) is 0 Å². The van der Waals surface area contributed by atoms with Gasteiger partial charge >= 0.3 is 0 Å². The molecule has 1 amide bonds. The molecule has 0 unspecified atom stereocenters. The minimum absolute atomic E-state index is 0.0841. The van der Waals surface area contributed by atoms with Gasteiger partial charge in [0.05, 0.1) is 11.7 Å². The van der Waals surface area contributed by atoms with Gasteiger partial charge in [0.15, 0.2) is 0 Å². The van der Waals surface area contributed by atoms with Gasteiger partial charge in [0.2, 0.25) is 5.91 Å². The van der Waals surface area contributed by atoms with Crippen LogP contribution in [-0.4, -0.2) is 49.0 Å². The van der Waals surface area contributed by atoms with Gasteiger partial charge in [-0.2, -0.15) is 0 Å². The molecule has 1 saturated heterocycles. The van der Waals surface area contributed by atoms with E-state index in [9.17, 15) is 9.90 Å². The standard InChI is InChI=1S/C11H22N2O3/c1-11(2,15)8-13-10(14)7-16-9-3-5-12-6-4-9/h9,12,15H,3-8H2,1-2H3,(H,13,14).